The highest BCUT2D eigenvalue weighted by Gasteiger charge is 2.38. The maximum Gasteiger partial charge on any atom is 0.410 e. The van der Waals surface area contributed by atoms with Gasteiger partial charge >= 0.3 is 12.1 Å². The molecule has 1 fully saturated rings. The summed E-state index contributed by atoms with van der Waals surface area (Å²) in [4.78, 5) is 26.7. The van der Waals surface area contributed by atoms with E-state index in [1.807, 2.05) is 62.9 Å². The van der Waals surface area contributed by atoms with Crippen LogP contribution in [0.15, 0.2) is 30.3 Å². The first-order valence-electron chi connectivity index (χ1n) is 11.0. The maximum atomic E-state index is 12.7. The van der Waals surface area contributed by atoms with E-state index in [0.29, 0.717) is 13.0 Å². The lowest BCUT2D eigenvalue weighted by Gasteiger charge is -2.43. The standard InChI is InChI=1S/C24H37NO5/c1-6-7-13-20-14-21(18(2)15-25(20)23(27)30-24(3,4)5)28-17-22(26)29-16-19-11-9-8-10-12-19/h8-12,18,20-21H,6-7,13-17H2,1-5H3/t18-,20+,21-/m0/s1. The molecule has 0 radical (unpaired) electrons. The zero-order chi connectivity index (χ0) is 22.1. The summed E-state index contributed by atoms with van der Waals surface area (Å²) in [6.45, 7) is 10.6. The van der Waals surface area contributed by atoms with E-state index in [1.54, 1.807) is 0 Å². The van der Waals surface area contributed by atoms with E-state index < -0.39 is 5.60 Å². The molecule has 0 aliphatic carbocycles. The van der Waals surface area contributed by atoms with Crippen LogP contribution >= 0.6 is 0 Å². The molecule has 1 heterocycles. The van der Waals surface area contributed by atoms with Crippen LogP contribution in [-0.2, 0) is 25.6 Å². The van der Waals surface area contributed by atoms with Gasteiger partial charge in [0.2, 0.25) is 0 Å². The summed E-state index contributed by atoms with van der Waals surface area (Å²) in [6.07, 6.45) is 3.34. The number of likely N-dealkylation sites (tertiary alicyclic amines) is 1. The third kappa shape index (κ3) is 7.98. The largest absolute Gasteiger partial charge is 0.459 e. The van der Waals surface area contributed by atoms with Crippen LogP contribution in [0, 0.1) is 5.92 Å². The number of carbonyl (C=O) groups is 2. The summed E-state index contributed by atoms with van der Waals surface area (Å²) in [5.74, 6) is -0.261. The average Bonchev–Trinajstić information content (AvgIpc) is 2.69. The molecule has 1 aliphatic heterocycles. The number of hydrogen-bond donors (Lipinski definition) is 0. The molecule has 1 aromatic carbocycles. The number of esters is 1. The van der Waals surface area contributed by atoms with Gasteiger partial charge in [-0.2, -0.15) is 0 Å². The smallest absolute Gasteiger partial charge is 0.410 e. The van der Waals surface area contributed by atoms with Gasteiger partial charge in [0.05, 0.1) is 6.10 Å². The molecule has 0 saturated carbocycles. The van der Waals surface area contributed by atoms with Gasteiger partial charge in [-0.05, 0) is 39.2 Å². The number of benzene rings is 1. The molecule has 6 heteroatoms. The lowest BCUT2D eigenvalue weighted by molar-refractivity contribution is -0.155. The minimum atomic E-state index is -0.522. The highest BCUT2D eigenvalue weighted by atomic mass is 16.6. The number of rotatable bonds is 8. The average molecular weight is 420 g/mol. The molecule has 1 aliphatic rings. The van der Waals surface area contributed by atoms with Crippen LogP contribution in [0.2, 0.25) is 0 Å². The number of unbranched alkanes of at least 4 members (excludes halogenated alkanes) is 1. The number of ether oxygens (including phenoxy) is 3. The number of amides is 1. The van der Waals surface area contributed by atoms with Gasteiger partial charge < -0.3 is 19.1 Å². The molecule has 1 saturated heterocycles. The van der Waals surface area contributed by atoms with Crippen molar-refractivity contribution in [3.63, 3.8) is 0 Å². The minimum absolute atomic E-state index is 0.0568. The number of piperidine rings is 1. The third-order valence-electron chi connectivity index (χ3n) is 5.24. The zero-order valence-electron chi connectivity index (χ0n) is 19.1. The van der Waals surface area contributed by atoms with E-state index in [0.717, 1.165) is 24.8 Å². The Kier molecular flexibility index (Phi) is 9.15. The molecule has 0 aromatic heterocycles. The summed E-state index contributed by atoms with van der Waals surface area (Å²) in [7, 11) is 0. The predicted octanol–water partition coefficient (Wildman–Crippen LogP) is 4.95. The van der Waals surface area contributed by atoms with Gasteiger partial charge in [-0.25, -0.2) is 9.59 Å². The van der Waals surface area contributed by atoms with E-state index in [9.17, 15) is 9.59 Å². The molecular formula is C24H37NO5. The first kappa shape index (κ1) is 24.2. The van der Waals surface area contributed by atoms with Crippen LogP contribution in [0.5, 0.6) is 0 Å². The van der Waals surface area contributed by atoms with E-state index in [4.69, 9.17) is 14.2 Å². The minimum Gasteiger partial charge on any atom is -0.459 e. The molecule has 30 heavy (non-hydrogen) atoms. The second kappa shape index (κ2) is 11.3. The van der Waals surface area contributed by atoms with Gasteiger partial charge in [0.25, 0.3) is 0 Å². The lowest BCUT2D eigenvalue weighted by Crippen LogP contribution is -2.53. The zero-order valence-corrected chi connectivity index (χ0v) is 19.1. The molecule has 168 valence electrons. The van der Waals surface area contributed by atoms with Crippen LogP contribution in [-0.4, -0.2) is 47.9 Å². The van der Waals surface area contributed by atoms with Gasteiger partial charge in [-0.15, -0.1) is 0 Å². The third-order valence-corrected chi connectivity index (χ3v) is 5.24. The van der Waals surface area contributed by atoms with Crippen molar-refractivity contribution in [1.82, 2.24) is 4.90 Å². The molecule has 0 bridgehead atoms. The number of hydrogen-bond acceptors (Lipinski definition) is 5. The Morgan fingerprint density at radius 1 is 1.17 bits per heavy atom. The van der Waals surface area contributed by atoms with Crippen molar-refractivity contribution in [2.75, 3.05) is 13.2 Å². The van der Waals surface area contributed by atoms with Crippen LogP contribution in [0.1, 0.15) is 65.9 Å². The SMILES string of the molecule is CCCC[C@@H]1C[C@H](OCC(=O)OCc2ccccc2)[C@@H](C)CN1C(=O)OC(C)(C)C. The van der Waals surface area contributed by atoms with Crippen LogP contribution in [0.3, 0.4) is 0 Å². The Labute approximate surface area is 180 Å². The number of nitrogens with zero attached hydrogens (tertiary/aromatic N) is 1. The molecule has 3 atom stereocenters. The summed E-state index contributed by atoms with van der Waals surface area (Å²) < 4.78 is 16.9. The van der Waals surface area contributed by atoms with Gasteiger partial charge in [-0.1, -0.05) is 57.0 Å². The second-order valence-electron chi connectivity index (χ2n) is 9.14. The van der Waals surface area contributed by atoms with Crippen molar-refractivity contribution in [2.45, 2.75) is 84.7 Å². The van der Waals surface area contributed by atoms with E-state index >= 15 is 0 Å². The highest BCUT2D eigenvalue weighted by Crippen LogP contribution is 2.29. The van der Waals surface area contributed by atoms with E-state index in [1.165, 1.54) is 0 Å². The van der Waals surface area contributed by atoms with Gasteiger partial charge in [0.15, 0.2) is 0 Å². The molecular weight excluding hydrogens is 382 g/mol. The fraction of sp³-hybridized carbons (Fsp3) is 0.667. The van der Waals surface area contributed by atoms with E-state index in [-0.39, 0.29) is 43.3 Å². The summed E-state index contributed by atoms with van der Waals surface area (Å²) in [6, 6.07) is 9.64. The molecule has 6 nitrogen and oxygen atoms in total. The lowest BCUT2D eigenvalue weighted by atomic mass is 9.89. The van der Waals surface area contributed by atoms with Crippen molar-refractivity contribution >= 4 is 12.1 Å². The van der Waals surface area contributed by atoms with E-state index in [2.05, 4.69) is 6.92 Å². The molecule has 0 spiro atoms. The fourth-order valence-electron chi connectivity index (χ4n) is 3.65. The van der Waals surface area contributed by atoms with Gasteiger partial charge in [0, 0.05) is 18.5 Å². The molecule has 2 rings (SSSR count). The summed E-state index contributed by atoms with van der Waals surface area (Å²) in [5, 5.41) is 0. The van der Waals surface area contributed by atoms with Crippen molar-refractivity contribution in [3.05, 3.63) is 35.9 Å². The Morgan fingerprint density at radius 2 is 1.87 bits per heavy atom. The van der Waals surface area contributed by atoms with Crippen LogP contribution in [0.25, 0.3) is 0 Å². The predicted molar refractivity (Wildman–Crippen MR) is 116 cm³/mol. The monoisotopic (exact) mass is 419 g/mol. The Balaban J connectivity index is 1.89. The Morgan fingerprint density at radius 3 is 2.50 bits per heavy atom. The maximum absolute atomic E-state index is 12.7. The highest BCUT2D eigenvalue weighted by molar-refractivity contribution is 5.70. The van der Waals surface area contributed by atoms with Gasteiger partial charge in [0.1, 0.15) is 18.8 Å². The fourth-order valence-corrected chi connectivity index (χ4v) is 3.65. The molecule has 1 aromatic rings. The quantitative estimate of drug-likeness (QED) is 0.558. The number of carbonyl (C=O) groups excluding carboxylic acids is 2. The molecule has 0 unspecified atom stereocenters. The topological polar surface area (TPSA) is 65.1 Å². The van der Waals surface area contributed by atoms with Crippen molar-refractivity contribution in [2.24, 2.45) is 5.92 Å². The summed E-state index contributed by atoms with van der Waals surface area (Å²) >= 11 is 0. The Bertz CT molecular complexity index is 670. The summed E-state index contributed by atoms with van der Waals surface area (Å²) in [5.41, 5.74) is 0.426. The first-order chi connectivity index (χ1) is 14.2. The van der Waals surface area contributed by atoms with Gasteiger partial charge in [-0.3, -0.25) is 0 Å². The Hall–Kier alpha value is -2.08. The first-order valence-corrected chi connectivity index (χ1v) is 11.0. The second-order valence-corrected chi connectivity index (χ2v) is 9.14. The van der Waals surface area contributed by atoms with Crippen molar-refractivity contribution in [3.8, 4) is 0 Å². The van der Waals surface area contributed by atoms with Crippen LogP contribution < -0.4 is 0 Å². The van der Waals surface area contributed by atoms with Crippen LogP contribution in [0.4, 0.5) is 4.79 Å². The normalized spacial score (nSPS) is 21.9. The van der Waals surface area contributed by atoms with Crippen molar-refractivity contribution in [1.29, 1.82) is 0 Å². The molecule has 1 amide bonds. The van der Waals surface area contributed by atoms with Crippen molar-refractivity contribution < 1.29 is 23.8 Å². The molecule has 0 N–H and O–H groups in total.